The minimum atomic E-state index is 0.917. The van der Waals surface area contributed by atoms with Crippen molar-refractivity contribution in [1.82, 2.24) is 24.9 Å². The first-order chi connectivity index (χ1) is 10.1. The third kappa shape index (κ3) is 4.68. The van der Waals surface area contributed by atoms with Gasteiger partial charge in [-0.15, -0.1) is 0 Å². The molecule has 5 nitrogen and oxygen atoms in total. The Morgan fingerprint density at radius 3 is 2.62 bits per heavy atom. The summed E-state index contributed by atoms with van der Waals surface area (Å²) in [6.45, 7) is 10.4. The van der Waals surface area contributed by atoms with E-state index in [-0.39, 0.29) is 0 Å². The second-order valence-electron chi connectivity index (χ2n) is 5.76. The highest BCUT2D eigenvalue weighted by molar-refractivity contribution is 7.80. The van der Waals surface area contributed by atoms with Gasteiger partial charge in [-0.2, -0.15) is 5.10 Å². The van der Waals surface area contributed by atoms with E-state index in [2.05, 4.69) is 40.3 Å². The van der Waals surface area contributed by atoms with Gasteiger partial charge in [0.15, 0.2) is 5.11 Å². The van der Waals surface area contributed by atoms with Crippen molar-refractivity contribution in [3.8, 4) is 0 Å². The summed E-state index contributed by atoms with van der Waals surface area (Å²) in [5.41, 5.74) is 2.46. The normalized spacial score (nSPS) is 16.2. The smallest absolute Gasteiger partial charge is 0.169 e. The van der Waals surface area contributed by atoms with Crippen molar-refractivity contribution in [2.75, 3.05) is 32.7 Å². The average Bonchev–Trinajstić information content (AvgIpc) is 2.78. The molecule has 0 radical (unpaired) electrons. The van der Waals surface area contributed by atoms with Crippen LogP contribution in [0.4, 0.5) is 0 Å². The SMILES string of the molecule is CCCCNC(=S)N1CCN(Cc2cn(C)nc2C)CC1. The molecule has 0 saturated carbocycles. The first-order valence-corrected chi connectivity index (χ1v) is 8.25. The van der Waals surface area contributed by atoms with Crippen molar-refractivity contribution in [2.24, 2.45) is 7.05 Å². The molecule has 0 unspecified atom stereocenters. The Hall–Kier alpha value is -1.14. The minimum absolute atomic E-state index is 0.917. The largest absolute Gasteiger partial charge is 0.363 e. The molecule has 1 aromatic rings. The molecule has 1 saturated heterocycles. The Morgan fingerprint density at radius 2 is 2.05 bits per heavy atom. The molecule has 0 bridgehead atoms. The Kier molecular flexibility index (Phi) is 5.99. The van der Waals surface area contributed by atoms with Crippen LogP contribution in [0.15, 0.2) is 6.20 Å². The number of rotatable bonds is 5. The van der Waals surface area contributed by atoms with Crippen LogP contribution in [0.5, 0.6) is 0 Å². The topological polar surface area (TPSA) is 36.3 Å². The first kappa shape index (κ1) is 16.2. The third-order valence-corrected chi connectivity index (χ3v) is 4.38. The van der Waals surface area contributed by atoms with Crippen LogP contribution in [0.25, 0.3) is 0 Å². The maximum Gasteiger partial charge on any atom is 0.169 e. The van der Waals surface area contributed by atoms with Gasteiger partial charge in [-0.3, -0.25) is 9.58 Å². The summed E-state index contributed by atoms with van der Waals surface area (Å²) in [5.74, 6) is 0. The maximum absolute atomic E-state index is 5.46. The summed E-state index contributed by atoms with van der Waals surface area (Å²) in [6.07, 6.45) is 4.51. The Morgan fingerprint density at radius 1 is 1.33 bits per heavy atom. The molecule has 2 rings (SSSR count). The van der Waals surface area contributed by atoms with E-state index >= 15 is 0 Å². The zero-order valence-corrected chi connectivity index (χ0v) is 14.2. The highest BCUT2D eigenvalue weighted by Gasteiger charge is 2.19. The Labute approximate surface area is 133 Å². The minimum Gasteiger partial charge on any atom is -0.363 e. The molecule has 0 spiro atoms. The average molecular weight is 309 g/mol. The van der Waals surface area contributed by atoms with Gasteiger partial charge in [0.05, 0.1) is 5.69 Å². The molecule has 6 heteroatoms. The van der Waals surface area contributed by atoms with E-state index in [1.165, 1.54) is 18.4 Å². The highest BCUT2D eigenvalue weighted by atomic mass is 32.1. The molecule has 21 heavy (non-hydrogen) atoms. The van der Waals surface area contributed by atoms with Gasteiger partial charge >= 0.3 is 0 Å². The van der Waals surface area contributed by atoms with Crippen molar-refractivity contribution >= 4 is 17.3 Å². The van der Waals surface area contributed by atoms with Crippen molar-refractivity contribution < 1.29 is 0 Å². The molecule has 0 aliphatic carbocycles. The van der Waals surface area contributed by atoms with E-state index in [1.54, 1.807) is 0 Å². The van der Waals surface area contributed by atoms with Crippen LogP contribution in [0, 0.1) is 6.92 Å². The number of aryl methyl sites for hydroxylation is 2. The van der Waals surface area contributed by atoms with Gasteiger partial charge in [-0.25, -0.2) is 0 Å². The van der Waals surface area contributed by atoms with E-state index in [1.807, 2.05) is 11.7 Å². The molecule has 1 fully saturated rings. The number of nitrogens with one attached hydrogen (secondary N) is 1. The van der Waals surface area contributed by atoms with Crippen molar-refractivity contribution in [2.45, 2.75) is 33.2 Å². The van der Waals surface area contributed by atoms with Gasteiger partial charge in [-0.1, -0.05) is 13.3 Å². The first-order valence-electron chi connectivity index (χ1n) is 7.84. The quantitative estimate of drug-likeness (QED) is 0.659. The summed E-state index contributed by atoms with van der Waals surface area (Å²) in [7, 11) is 1.98. The van der Waals surface area contributed by atoms with Crippen molar-refractivity contribution in [3.63, 3.8) is 0 Å². The zero-order valence-electron chi connectivity index (χ0n) is 13.4. The standard InChI is InChI=1S/C15H27N5S/c1-4-5-6-16-15(21)20-9-7-19(8-10-20)12-14-11-18(3)17-13(14)2/h11H,4-10,12H2,1-3H3,(H,16,21). The van der Waals surface area contributed by atoms with Crippen LogP contribution in [0.3, 0.4) is 0 Å². The van der Waals surface area contributed by atoms with Gasteiger partial charge < -0.3 is 10.2 Å². The summed E-state index contributed by atoms with van der Waals surface area (Å²) >= 11 is 5.46. The van der Waals surface area contributed by atoms with Gasteiger partial charge in [0, 0.05) is 58.1 Å². The molecule has 0 aromatic carbocycles. The predicted molar refractivity (Wildman–Crippen MR) is 90.3 cm³/mol. The fraction of sp³-hybridized carbons (Fsp3) is 0.733. The number of aromatic nitrogens is 2. The lowest BCUT2D eigenvalue weighted by Crippen LogP contribution is -2.51. The van der Waals surface area contributed by atoms with Crippen LogP contribution in [-0.2, 0) is 13.6 Å². The lowest BCUT2D eigenvalue weighted by molar-refractivity contribution is 0.174. The van der Waals surface area contributed by atoms with Crippen LogP contribution in [0.2, 0.25) is 0 Å². The van der Waals surface area contributed by atoms with Gasteiger partial charge in [0.1, 0.15) is 0 Å². The van der Waals surface area contributed by atoms with Crippen molar-refractivity contribution in [1.29, 1.82) is 0 Å². The molecule has 1 aromatic heterocycles. The van der Waals surface area contributed by atoms with E-state index in [9.17, 15) is 0 Å². The molecule has 0 amide bonds. The Bertz CT molecular complexity index is 463. The molecule has 118 valence electrons. The van der Waals surface area contributed by atoms with Gasteiger partial charge in [0.25, 0.3) is 0 Å². The molecular formula is C15H27N5S. The summed E-state index contributed by atoms with van der Waals surface area (Å²) < 4.78 is 1.90. The zero-order chi connectivity index (χ0) is 15.2. The van der Waals surface area contributed by atoms with Crippen LogP contribution < -0.4 is 5.32 Å². The number of unbranched alkanes of at least 4 members (excludes halogenated alkanes) is 1. The number of nitrogens with zero attached hydrogens (tertiary/aromatic N) is 4. The third-order valence-electron chi connectivity index (χ3n) is 3.98. The molecular weight excluding hydrogens is 282 g/mol. The van der Waals surface area contributed by atoms with Gasteiger partial charge in [0.2, 0.25) is 0 Å². The fourth-order valence-corrected chi connectivity index (χ4v) is 2.92. The Balaban J connectivity index is 1.75. The lowest BCUT2D eigenvalue weighted by Gasteiger charge is -2.36. The maximum atomic E-state index is 5.46. The summed E-state index contributed by atoms with van der Waals surface area (Å²) in [5, 5.41) is 8.68. The predicted octanol–water partition coefficient (Wildman–Crippen LogP) is 1.52. The molecule has 1 aliphatic rings. The number of hydrogen-bond acceptors (Lipinski definition) is 3. The fourth-order valence-electron chi connectivity index (χ4n) is 2.64. The second-order valence-corrected chi connectivity index (χ2v) is 6.15. The van der Waals surface area contributed by atoms with Gasteiger partial charge in [-0.05, 0) is 25.6 Å². The second kappa shape index (κ2) is 7.75. The summed E-state index contributed by atoms with van der Waals surface area (Å²) in [6, 6.07) is 0. The number of hydrogen-bond donors (Lipinski definition) is 1. The van der Waals surface area contributed by atoms with Crippen LogP contribution >= 0.6 is 12.2 Å². The number of piperazine rings is 1. The van der Waals surface area contributed by atoms with Crippen LogP contribution in [-0.4, -0.2) is 57.4 Å². The van der Waals surface area contributed by atoms with Crippen molar-refractivity contribution in [3.05, 3.63) is 17.5 Å². The molecule has 1 N–H and O–H groups in total. The van der Waals surface area contributed by atoms with E-state index < -0.39 is 0 Å². The van der Waals surface area contributed by atoms with E-state index in [0.29, 0.717) is 0 Å². The lowest BCUT2D eigenvalue weighted by atomic mass is 10.2. The highest BCUT2D eigenvalue weighted by Crippen LogP contribution is 2.11. The molecule has 2 heterocycles. The number of thiocarbonyl (C=S) groups is 1. The molecule has 1 aliphatic heterocycles. The molecule has 0 atom stereocenters. The van der Waals surface area contributed by atoms with Crippen LogP contribution in [0.1, 0.15) is 31.0 Å². The monoisotopic (exact) mass is 309 g/mol. The van der Waals surface area contributed by atoms with E-state index in [4.69, 9.17) is 12.2 Å². The summed E-state index contributed by atoms with van der Waals surface area (Å²) in [4.78, 5) is 4.77. The van der Waals surface area contributed by atoms with E-state index in [0.717, 1.165) is 50.1 Å².